The molecule has 0 amide bonds. The first-order chi connectivity index (χ1) is 13.2. The number of likely N-dealkylation sites (tertiary alicyclic amines) is 1. The zero-order chi connectivity index (χ0) is 20.5. The van der Waals surface area contributed by atoms with Crippen LogP contribution in [0.4, 0.5) is 0 Å². The molecule has 1 aliphatic rings. The van der Waals surface area contributed by atoms with Crippen LogP contribution in [0, 0.1) is 11.8 Å². The number of nitrogens with zero attached hydrogens (tertiary/aromatic N) is 1. The summed E-state index contributed by atoms with van der Waals surface area (Å²) in [5.41, 5.74) is 1.85. The van der Waals surface area contributed by atoms with Crippen molar-refractivity contribution in [1.29, 1.82) is 0 Å². The predicted octanol–water partition coefficient (Wildman–Crippen LogP) is 5.16. The fourth-order valence-corrected chi connectivity index (χ4v) is 4.71. The minimum absolute atomic E-state index is 0.248. The van der Waals surface area contributed by atoms with Crippen molar-refractivity contribution in [2.45, 2.75) is 51.9 Å². The Hall–Kier alpha value is -1.39. The average molecular weight is 402 g/mol. The molecular formula is C24H32ClNO2. The number of halogens is 1. The third-order valence-corrected chi connectivity index (χ3v) is 6.48. The molecule has 2 N–H and O–H groups in total. The van der Waals surface area contributed by atoms with Crippen molar-refractivity contribution < 1.29 is 10.2 Å². The molecule has 1 fully saturated rings. The molecule has 2 aromatic rings. The summed E-state index contributed by atoms with van der Waals surface area (Å²) in [6, 6.07) is 15.8. The highest BCUT2D eigenvalue weighted by atomic mass is 35.5. The molecule has 0 saturated carbocycles. The number of hydrogen-bond donors (Lipinski definition) is 2. The van der Waals surface area contributed by atoms with Crippen molar-refractivity contribution in [2.75, 3.05) is 13.1 Å². The maximum atomic E-state index is 11.4. The average Bonchev–Trinajstić information content (AvgIpc) is 2.66. The van der Waals surface area contributed by atoms with Crippen LogP contribution in [-0.2, 0) is 0 Å². The van der Waals surface area contributed by atoms with Gasteiger partial charge >= 0.3 is 0 Å². The molecule has 3 nitrogen and oxygen atoms in total. The van der Waals surface area contributed by atoms with Crippen molar-refractivity contribution in [1.82, 2.24) is 4.90 Å². The Labute approximate surface area is 174 Å². The molecule has 4 heteroatoms. The molecule has 0 bridgehead atoms. The fraction of sp³-hybridized carbons (Fsp3) is 0.500. The Morgan fingerprint density at radius 2 is 1.61 bits per heavy atom. The van der Waals surface area contributed by atoms with E-state index in [1.807, 2.05) is 54.3 Å². The Morgan fingerprint density at radius 1 is 1.04 bits per heavy atom. The van der Waals surface area contributed by atoms with E-state index >= 15 is 0 Å². The van der Waals surface area contributed by atoms with Crippen molar-refractivity contribution >= 4 is 11.6 Å². The van der Waals surface area contributed by atoms with Crippen molar-refractivity contribution in [2.24, 2.45) is 11.8 Å². The normalized spacial score (nSPS) is 25.1. The molecule has 0 aliphatic carbocycles. The van der Waals surface area contributed by atoms with E-state index in [0.717, 1.165) is 29.8 Å². The topological polar surface area (TPSA) is 43.7 Å². The van der Waals surface area contributed by atoms with Gasteiger partial charge in [0.2, 0.25) is 0 Å². The summed E-state index contributed by atoms with van der Waals surface area (Å²) in [4.78, 5) is 2.04. The highest BCUT2D eigenvalue weighted by Crippen LogP contribution is 2.38. The minimum Gasteiger partial charge on any atom is -0.385 e. The van der Waals surface area contributed by atoms with Gasteiger partial charge in [0.05, 0.1) is 0 Å². The number of aliphatic hydroxyl groups excluding tert-OH is 1. The summed E-state index contributed by atoms with van der Waals surface area (Å²) in [5, 5.41) is 23.3. The first kappa shape index (κ1) is 21.3. The van der Waals surface area contributed by atoms with Crippen LogP contribution in [0.2, 0.25) is 5.02 Å². The lowest BCUT2D eigenvalue weighted by Gasteiger charge is -2.45. The van der Waals surface area contributed by atoms with Gasteiger partial charge in [-0.15, -0.1) is 0 Å². The summed E-state index contributed by atoms with van der Waals surface area (Å²) in [5.74, 6) is 0.790. The van der Waals surface area contributed by atoms with E-state index in [9.17, 15) is 10.2 Å². The van der Waals surface area contributed by atoms with Gasteiger partial charge in [-0.05, 0) is 54.0 Å². The zero-order valence-electron chi connectivity index (χ0n) is 17.3. The van der Waals surface area contributed by atoms with E-state index in [1.165, 1.54) is 6.42 Å². The van der Waals surface area contributed by atoms with Gasteiger partial charge in [-0.1, -0.05) is 68.8 Å². The molecule has 0 radical (unpaired) electrons. The van der Waals surface area contributed by atoms with E-state index in [1.54, 1.807) is 6.92 Å². The fourth-order valence-electron chi connectivity index (χ4n) is 4.59. The summed E-state index contributed by atoms with van der Waals surface area (Å²) < 4.78 is 0. The monoisotopic (exact) mass is 401 g/mol. The quantitative estimate of drug-likeness (QED) is 0.727. The van der Waals surface area contributed by atoms with Gasteiger partial charge in [0, 0.05) is 24.0 Å². The second-order valence-corrected chi connectivity index (χ2v) is 9.25. The van der Waals surface area contributed by atoms with Crippen LogP contribution in [0.3, 0.4) is 0 Å². The van der Waals surface area contributed by atoms with Crippen LogP contribution in [0.5, 0.6) is 0 Å². The minimum atomic E-state index is -1.28. The maximum Gasteiger partial charge on any atom is 0.136 e. The van der Waals surface area contributed by atoms with Gasteiger partial charge in [-0.3, -0.25) is 4.90 Å². The molecule has 3 rings (SSSR count). The molecule has 5 atom stereocenters. The van der Waals surface area contributed by atoms with Crippen LogP contribution < -0.4 is 0 Å². The lowest BCUT2D eigenvalue weighted by Crippen LogP contribution is -2.57. The molecule has 2 aromatic carbocycles. The highest BCUT2D eigenvalue weighted by molar-refractivity contribution is 6.30. The Bertz CT molecular complexity index is 779. The first-order valence-electron chi connectivity index (χ1n) is 10.2. The van der Waals surface area contributed by atoms with E-state index < -0.39 is 11.8 Å². The highest BCUT2D eigenvalue weighted by Gasteiger charge is 2.42. The second kappa shape index (κ2) is 8.54. The van der Waals surface area contributed by atoms with E-state index in [-0.39, 0.29) is 5.92 Å². The number of aliphatic hydroxyl groups is 2. The Kier molecular flexibility index (Phi) is 6.51. The van der Waals surface area contributed by atoms with Crippen LogP contribution in [0.1, 0.15) is 45.6 Å². The van der Waals surface area contributed by atoms with Crippen LogP contribution >= 0.6 is 11.6 Å². The molecule has 28 heavy (non-hydrogen) atoms. The third kappa shape index (κ3) is 4.44. The van der Waals surface area contributed by atoms with Gasteiger partial charge in [0.15, 0.2) is 0 Å². The largest absolute Gasteiger partial charge is 0.385 e. The molecular weight excluding hydrogens is 370 g/mol. The van der Waals surface area contributed by atoms with Crippen molar-refractivity contribution in [3.8, 4) is 11.1 Å². The molecule has 0 spiro atoms. The smallest absolute Gasteiger partial charge is 0.136 e. The van der Waals surface area contributed by atoms with E-state index in [4.69, 9.17) is 11.6 Å². The van der Waals surface area contributed by atoms with Crippen molar-refractivity contribution in [3.63, 3.8) is 0 Å². The Morgan fingerprint density at radius 3 is 2.21 bits per heavy atom. The summed E-state index contributed by atoms with van der Waals surface area (Å²) in [7, 11) is 0. The molecule has 1 saturated heterocycles. The zero-order valence-corrected chi connectivity index (χ0v) is 18.0. The first-order valence-corrected chi connectivity index (χ1v) is 10.6. The van der Waals surface area contributed by atoms with Gasteiger partial charge in [-0.2, -0.15) is 0 Å². The van der Waals surface area contributed by atoms with E-state index in [2.05, 4.69) is 19.9 Å². The summed E-state index contributed by atoms with van der Waals surface area (Å²) >= 11 is 6.05. The molecule has 152 valence electrons. The van der Waals surface area contributed by atoms with Gasteiger partial charge < -0.3 is 10.2 Å². The summed E-state index contributed by atoms with van der Waals surface area (Å²) in [6.07, 6.45) is 0.256. The number of piperidine rings is 1. The second-order valence-electron chi connectivity index (χ2n) is 8.82. The van der Waals surface area contributed by atoms with Crippen molar-refractivity contribution in [3.05, 3.63) is 59.1 Å². The SMILES string of the molecule is CC1CC(C)CN(C(O)C(C)(O)C(C)c2ccccc2-c2ccc(Cl)cc2)C1. The number of rotatable bonds is 5. The number of benzene rings is 2. The lowest BCUT2D eigenvalue weighted by molar-refractivity contribution is -0.162. The Balaban J connectivity index is 1.90. The molecule has 0 aromatic heterocycles. The van der Waals surface area contributed by atoms with Gasteiger partial charge in [0.25, 0.3) is 0 Å². The van der Waals surface area contributed by atoms with Crippen LogP contribution in [0.15, 0.2) is 48.5 Å². The number of hydrogen-bond acceptors (Lipinski definition) is 3. The molecule has 5 unspecified atom stereocenters. The lowest BCUT2D eigenvalue weighted by atomic mass is 9.79. The predicted molar refractivity (Wildman–Crippen MR) is 116 cm³/mol. The maximum absolute atomic E-state index is 11.4. The van der Waals surface area contributed by atoms with E-state index in [0.29, 0.717) is 16.9 Å². The van der Waals surface area contributed by atoms with Crippen LogP contribution in [-0.4, -0.2) is 40.0 Å². The molecule has 1 heterocycles. The van der Waals surface area contributed by atoms with Crippen LogP contribution in [0.25, 0.3) is 11.1 Å². The molecule has 1 aliphatic heterocycles. The van der Waals surface area contributed by atoms with Gasteiger partial charge in [0.1, 0.15) is 11.8 Å². The standard InChI is InChI=1S/C24H32ClNO2/c1-16-13-17(2)15-26(14-16)23(27)24(4,28)18(3)21-7-5-6-8-22(21)19-9-11-20(25)12-10-19/h5-12,16-18,23,27-28H,13-15H2,1-4H3. The third-order valence-electron chi connectivity index (χ3n) is 6.22. The summed E-state index contributed by atoms with van der Waals surface area (Å²) in [6.45, 7) is 9.80. The van der Waals surface area contributed by atoms with Gasteiger partial charge in [-0.25, -0.2) is 0 Å².